The van der Waals surface area contributed by atoms with Gasteiger partial charge in [-0.15, -0.1) is 11.8 Å². The normalized spacial score (nSPS) is 14.9. The van der Waals surface area contributed by atoms with Crippen LogP contribution in [0.1, 0.15) is 32.3 Å². The molecule has 0 bridgehead atoms. The van der Waals surface area contributed by atoms with Crippen LogP contribution in [0, 0.1) is 5.92 Å². The number of carbonyl (C=O) groups is 1. The van der Waals surface area contributed by atoms with Crippen molar-refractivity contribution >= 4 is 17.7 Å². The monoisotopic (exact) mass is 306 g/mol. The Bertz CT molecular complexity index is 456. The molecule has 0 radical (unpaired) electrons. The molecule has 0 unspecified atom stereocenters. The molecule has 1 N–H and O–H groups in total. The van der Waals surface area contributed by atoms with E-state index in [9.17, 15) is 4.79 Å². The fraction of sp³-hybridized carbons (Fsp3) is 0.588. The third-order valence-electron chi connectivity index (χ3n) is 3.60. The molecule has 1 aliphatic rings. The van der Waals surface area contributed by atoms with Gasteiger partial charge in [-0.2, -0.15) is 0 Å². The van der Waals surface area contributed by atoms with Gasteiger partial charge in [0, 0.05) is 24.5 Å². The first-order chi connectivity index (χ1) is 10.1. The summed E-state index contributed by atoms with van der Waals surface area (Å²) in [5, 5.41) is 3.45. The molecule has 1 saturated heterocycles. The molecule has 0 aromatic heterocycles. The maximum absolute atomic E-state index is 12.0. The van der Waals surface area contributed by atoms with Crippen molar-refractivity contribution in [2.24, 2.45) is 5.92 Å². The molecular formula is C17H26N2OS. The molecule has 1 fully saturated rings. The summed E-state index contributed by atoms with van der Waals surface area (Å²) in [6.45, 7) is 8.24. The molecule has 1 amide bonds. The smallest absolute Gasteiger partial charge is 0.232 e. The summed E-state index contributed by atoms with van der Waals surface area (Å²) in [4.78, 5) is 15.2. The standard InChI is InChI=1S/C17H26N2OS/c1-14(2)11-18-12-15-6-5-7-16(10-15)21-13-17(20)19-8-3-4-9-19/h5-7,10,14,18H,3-4,8-9,11-13H2,1-2H3. The van der Waals surface area contributed by atoms with Crippen LogP contribution in [-0.2, 0) is 11.3 Å². The zero-order chi connectivity index (χ0) is 15.1. The van der Waals surface area contributed by atoms with Gasteiger partial charge in [0.2, 0.25) is 5.91 Å². The van der Waals surface area contributed by atoms with Crippen molar-refractivity contribution in [3.8, 4) is 0 Å². The number of rotatable bonds is 7. The van der Waals surface area contributed by atoms with E-state index in [1.165, 1.54) is 10.5 Å². The topological polar surface area (TPSA) is 32.3 Å². The Morgan fingerprint density at radius 3 is 2.81 bits per heavy atom. The molecule has 21 heavy (non-hydrogen) atoms. The predicted octanol–water partition coefficient (Wildman–Crippen LogP) is 3.15. The molecule has 0 aliphatic carbocycles. The Hall–Kier alpha value is -1.00. The van der Waals surface area contributed by atoms with Crippen molar-refractivity contribution < 1.29 is 4.79 Å². The lowest BCUT2D eigenvalue weighted by Gasteiger charge is -2.14. The number of hydrogen-bond donors (Lipinski definition) is 1. The molecule has 116 valence electrons. The average Bonchev–Trinajstić information content (AvgIpc) is 2.99. The summed E-state index contributed by atoms with van der Waals surface area (Å²) in [6, 6.07) is 8.50. The van der Waals surface area contributed by atoms with Gasteiger partial charge in [0.05, 0.1) is 5.75 Å². The number of benzene rings is 1. The fourth-order valence-electron chi connectivity index (χ4n) is 2.45. The SMILES string of the molecule is CC(C)CNCc1cccc(SCC(=O)N2CCCC2)c1. The summed E-state index contributed by atoms with van der Waals surface area (Å²) in [5.74, 6) is 1.50. The first-order valence-electron chi connectivity index (χ1n) is 7.85. The zero-order valence-electron chi connectivity index (χ0n) is 13.1. The van der Waals surface area contributed by atoms with E-state index < -0.39 is 0 Å². The third-order valence-corrected chi connectivity index (χ3v) is 4.58. The summed E-state index contributed by atoms with van der Waals surface area (Å²) in [7, 11) is 0. The van der Waals surface area contributed by atoms with Gasteiger partial charge in [-0.05, 0) is 43.0 Å². The number of nitrogens with zero attached hydrogens (tertiary/aromatic N) is 1. The van der Waals surface area contributed by atoms with Gasteiger partial charge >= 0.3 is 0 Å². The van der Waals surface area contributed by atoms with E-state index in [1.807, 2.05) is 4.90 Å². The third kappa shape index (κ3) is 5.71. The lowest BCUT2D eigenvalue weighted by Crippen LogP contribution is -2.29. The number of nitrogens with one attached hydrogen (secondary N) is 1. The summed E-state index contributed by atoms with van der Waals surface area (Å²) in [6.07, 6.45) is 2.32. The van der Waals surface area contributed by atoms with Gasteiger partial charge in [0.15, 0.2) is 0 Å². The number of thioether (sulfide) groups is 1. The fourth-order valence-corrected chi connectivity index (χ4v) is 3.34. The summed E-state index contributed by atoms with van der Waals surface area (Å²) < 4.78 is 0. The molecule has 1 aromatic carbocycles. The van der Waals surface area contributed by atoms with Gasteiger partial charge < -0.3 is 10.2 Å². The second kappa shape index (κ2) is 8.44. The van der Waals surface area contributed by atoms with Gasteiger partial charge in [-0.1, -0.05) is 26.0 Å². The Morgan fingerprint density at radius 1 is 1.33 bits per heavy atom. The van der Waals surface area contributed by atoms with Gasteiger partial charge in [0.25, 0.3) is 0 Å². The molecule has 4 heteroatoms. The highest BCUT2D eigenvalue weighted by Crippen LogP contribution is 2.20. The summed E-state index contributed by atoms with van der Waals surface area (Å²) >= 11 is 1.65. The number of likely N-dealkylation sites (tertiary alicyclic amines) is 1. The Labute approximate surface area is 132 Å². The minimum atomic E-state index is 0.279. The average molecular weight is 306 g/mol. The van der Waals surface area contributed by atoms with Crippen LogP contribution in [0.5, 0.6) is 0 Å². The highest BCUT2D eigenvalue weighted by Gasteiger charge is 2.17. The molecule has 3 nitrogen and oxygen atoms in total. The van der Waals surface area contributed by atoms with Crippen LogP contribution in [0.15, 0.2) is 29.2 Å². The quantitative estimate of drug-likeness (QED) is 0.786. The Kier molecular flexibility index (Phi) is 6.58. The van der Waals surface area contributed by atoms with Crippen LogP contribution in [0.2, 0.25) is 0 Å². The van der Waals surface area contributed by atoms with E-state index in [-0.39, 0.29) is 5.91 Å². The molecule has 0 spiro atoms. The van der Waals surface area contributed by atoms with Crippen LogP contribution >= 0.6 is 11.8 Å². The van der Waals surface area contributed by atoms with Crippen LogP contribution in [0.3, 0.4) is 0 Å². The molecule has 2 rings (SSSR count). The second-order valence-electron chi connectivity index (χ2n) is 6.05. The molecule has 1 heterocycles. The minimum absolute atomic E-state index is 0.279. The number of carbonyl (C=O) groups excluding carboxylic acids is 1. The molecule has 1 aromatic rings. The van der Waals surface area contributed by atoms with E-state index in [0.29, 0.717) is 11.7 Å². The molecule has 0 atom stereocenters. The first kappa shape index (κ1) is 16.4. The Morgan fingerprint density at radius 2 is 2.10 bits per heavy atom. The van der Waals surface area contributed by atoms with Crippen molar-refractivity contribution in [1.29, 1.82) is 0 Å². The van der Waals surface area contributed by atoms with E-state index in [1.54, 1.807) is 11.8 Å². The van der Waals surface area contributed by atoms with Crippen LogP contribution in [0.4, 0.5) is 0 Å². The largest absolute Gasteiger partial charge is 0.342 e. The van der Waals surface area contributed by atoms with Crippen LogP contribution < -0.4 is 5.32 Å². The van der Waals surface area contributed by atoms with Crippen LogP contribution in [0.25, 0.3) is 0 Å². The summed E-state index contributed by atoms with van der Waals surface area (Å²) in [5.41, 5.74) is 1.29. The Balaban J connectivity index is 1.78. The van der Waals surface area contributed by atoms with Gasteiger partial charge in [-0.25, -0.2) is 0 Å². The number of hydrogen-bond acceptors (Lipinski definition) is 3. The van der Waals surface area contributed by atoms with E-state index in [2.05, 4.69) is 43.4 Å². The van der Waals surface area contributed by atoms with Crippen LogP contribution in [-0.4, -0.2) is 36.2 Å². The van der Waals surface area contributed by atoms with Crippen molar-refractivity contribution in [3.05, 3.63) is 29.8 Å². The first-order valence-corrected chi connectivity index (χ1v) is 8.84. The molecule has 0 saturated carbocycles. The van der Waals surface area contributed by atoms with Crippen molar-refractivity contribution in [1.82, 2.24) is 10.2 Å². The lowest BCUT2D eigenvalue weighted by molar-refractivity contribution is -0.127. The van der Waals surface area contributed by atoms with E-state index >= 15 is 0 Å². The zero-order valence-corrected chi connectivity index (χ0v) is 13.9. The van der Waals surface area contributed by atoms with Crippen molar-refractivity contribution in [2.75, 3.05) is 25.4 Å². The maximum atomic E-state index is 12.0. The minimum Gasteiger partial charge on any atom is -0.342 e. The second-order valence-corrected chi connectivity index (χ2v) is 7.10. The highest BCUT2D eigenvalue weighted by molar-refractivity contribution is 8.00. The molecular weight excluding hydrogens is 280 g/mol. The molecule has 1 aliphatic heterocycles. The van der Waals surface area contributed by atoms with Gasteiger partial charge in [-0.3, -0.25) is 4.79 Å². The van der Waals surface area contributed by atoms with E-state index in [0.717, 1.165) is 39.0 Å². The predicted molar refractivity (Wildman–Crippen MR) is 89.5 cm³/mol. The highest BCUT2D eigenvalue weighted by atomic mass is 32.2. The van der Waals surface area contributed by atoms with Gasteiger partial charge in [0.1, 0.15) is 0 Å². The van der Waals surface area contributed by atoms with Crippen molar-refractivity contribution in [2.45, 2.75) is 38.1 Å². The lowest BCUT2D eigenvalue weighted by atomic mass is 10.2. The maximum Gasteiger partial charge on any atom is 0.232 e. The van der Waals surface area contributed by atoms with E-state index in [4.69, 9.17) is 0 Å². The van der Waals surface area contributed by atoms with Crippen molar-refractivity contribution in [3.63, 3.8) is 0 Å². The number of amides is 1.